The van der Waals surface area contributed by atoms with Gasteiger partial charge in [-0.05, 0) is 65.2 Å². The first-order valence-electron chi connectivity index (χ1n) is 13.4. The first-order valence-corrected chi connectivity index (χ1v) is 15.1. The number of carbonyl (C=O) groups excluding carboxylic acids is 1. The standard InChI is InChI=1S/C32H30FN3O6S/c1-40-27-7-3-22(4-8-27)20-42-30-15-23(5-9-28(30)29-10-6-25(33)18-35-29)17-32(37)36(26-12-14-43(38,39)21-26)19-24-11-13-34-31(16-24)41-2/h3-16,18,26H,17,19-21H2,1-2H3. The lowest BCUT2D eigenvalue weighted by atomic mass is 10.0. The van der Waals surface area contributed by atoms with E-state index in [2.05, 4.69) is 9.97 Å². The minimum absolute atomic E-state index is 0.0113. The van der Waals surface area contributed by atoms with E-state index in [1.807, 2.05) is 24.3 Å². The second-order valence-electron chi connectivity index (χ2n) is 9.96. The van der Waals surface area contributed by atoms with Crippen LogP contribution in [0.15, 0.2) is 90.6 Å². The first-order chi connectivity index (χ1) is 20.7. The SMILES string of the molecule is COc1ccc(COc2cc(CC(=O)N(Cc3ccnc(OC)c3)C3C=CS(=O)(=O)C3)ccc2-c2ccc(F)cn2)cc1. The number of sulfone groups is 1. The van der Waals surface area contributed by atoms with Crippen LogP contribution in [0, 0.1) is 5.82 Å². The van der Waals surface area contributed by atoms with Crippen molar-refractivity contribution in [1.82, 2.24) is 14.9 Å². The molecule has 222 valence electrons. The van der Waals surface area contributed by atoms with Gasteiger partial charge in [-0.1, -0.05) is 18.2 Å². The molecule has 9 nitrogen and oxygen atoms in total. The molecule has 0 saturated heterocycles. The van der Waals surface area contributed by atoms with Gasteiger partial charge in [0, 0.05) is 29.8 Å². The summed E-state index contributed by atoms with van der Waals surface area (Å²) in [5.74, 6) is 0.668. The topological polar surface area (TPSA) is 108 Å². The van der Waals surface area contributed by atoms with Gasteiger partial charge in [0.2, 0.25) is 11.8 Å². The predicted molar refractivity (Wildman–Crippen MR) is 159 cm³/mol. The van der Waals surface area contributed by atoms with E-state index in [0.717, 1.165) is 28.5 Å². The van der Waals surface area contributed by atoms with Gasteiger partial charge in [-0.2, -0.15) is 0 Å². The maximum atomic E-state index is 13.8. The summed E-state index contributed by atoms with van der Waals surface area (Å²) < 4.78 is 54.7. The second kappa shape index (κ2) is 13.0. The number of hydrogen-bond acceptors (Lipinski definition) is 8. The number of rotatable bonds is 11. The zero-order valence-electron chi connectivity index (χ0n) is 23.6. The summed E-state index contributed by atoms with van der Waals surface area (Å²) in [5, 5.41) is 1.15. The molecule has 0 spiro atoms. The number of benzene rings is 2. The molecule has 43 heavy (non-hydrogen) atoms. The molecule has 0 radical (unpaired) electrons. The molecule has 0 aliphatic carbocycles. The maximum absolute atomic E-state index is 13.8. The van der Waals surface area contributed by atoms with Crippen LogP contribution in [0.5, 0.6) is 17.4 Å². The molecule has 4 aromatic rings. The number of pyridine rings is 2. The van der Waals surface area contributed by atoms with Crippen LogP contribution in [0.25, 0.3) is 11.3 Å². The number of halogens is 1. The molecule has 2 aromatic heterocycles. The fourth-order valence-electron chi connectivity index (χ4n) is 4.70. The Labute approximate surface area is 249 Å². The van der Waals surface area contributed by atoms with E-state index in [1.165, 1.54) is 13.2 Å². The summed E-state index contributed by atoms with van der Waals surface area (Å²) in [6.07, 6.45) is 4.24. The highest BCUT2D eigenvalue weighted by atomic mass is 32.2. The Morgan fingerprint density at radius 2 is 1.74 bits per heavy atom. The van der Waals surface area contributed by atoms with Crippen molar-refractivity contribution in [3.63, 3.8) is 0 Å². The van der Waals surface area contributed by atoms with Crippen LogP contribution in [-0.2, 0) is 34.2 Å². The Kier molecular flexibility index (Phi) is 9.01. The van der Waals surface area contributed by atoms with E-state index < -0.39 is 21.7 Å². The van der Waals surface area contributed by atoms with Crippen molar-refractivity contribution in [2.45, 2.75) is 25.6 Å². The number of methoxy groups -OCH3 is 2. The van der Waals surface area contributed by atoms with Gasteiger partial charge < -0.3 is 19.1 Å². The summed E-state index contributed by atoms with van der Waals surface area (Å²) in [4.78, 5) is 23.6. The van der Waals surface area contributed by atoms with Gasteiger partial charge in [-0.15, -0.1) is 0 Å². The van der Waals surface area contributed by atoms with Crippen molar-refractivity contribution >= 4 is 15.7 Å². The Morgan fingerprint density at radius 3 is 2.42 bits per heavy atom. The van der Waals surface area contributed by atoms with Crippen molar-refractivity contribution in [3.8, 4) is 28.6 Å². The molecule has 1 unspecified atom stereocenters. The van der Waals surface area contributed by atoms with Crippen molar-refractivity contribution < 1.29 is 31.8 Å². The minimum atomic E-state index is -3.41. The Balaban J connectivity index is 1.42. The van der Waals surface area contributed by atoms with Crippen molar-refractivity contribution in [3.05, 3.63) is 113 Å². The molecule has 0 bridgehead atoms. The van der Waals surface area contributed by atoms with Crippen LogP contribution in [0.1, 0.15) is 16.7 Å². The van der Waals surface area contributed by atoms with E-state index >= 15 is 0 Å². The fourth-order valence-corrected chi connectivity index (χ4v) is 6.00. The van der Waals surface area contributed by atoms with Gasteiger partial charge in [0.1, 0.15) is 23.9 Å². The largest absolute Gasteiger partial charge is 0.497 e. The van der Waals surface area contributed by atoms with Gasteiger partial charge in [0.25, 0.3) is 0 Å². The highest BCUT2D eigenvalue weighted by Crippen LogP contribution is 2.31. The quantitative estimate of drug-likeness (QED) is 0.242. The van der Waals surface area contributed by atoms with Crippen molar-refractivity contribution in [2.75, 3.05) is 20.0 Å². The van der Waals surface area contributed by atoms with Gasteiger partial charge in [-0.3, -0.25) is 9.78 Å². The predicted octanol–water partition coefficient (Wildman–Crippen LogP) is 4.76. The molecule has 1 atom stereocenters. The maximum Gasteiger partial charge on any atom is 0.227 e. The monoisotopic (exact) mass is 603 g/mol. The second-order valence-corrected chi connectivity index (χ2v) is 11.9. The molecule has 1 aliphatic rings. The van der Waals surface area contributed by atoms with E-state index in [0.29, 0.717) is 28.5 Å². The lowest BCUT2D eigenvalue weighted by molar-refractivity contribution is -0.132. The van der Waals surface area contributed by atoms with Crippen LogP contribution in [-0.4, -0.2) is 55.2 Å². The molecule has 1 aliphatic heterocycles. The van der Waals surface area contributed by atoms with Gasteiger partial charge in [-0.25, -0.2) is 17.8 Å². The number of amides is 1. The Hall–Kier alpha value is -4.77. The summed E-state index contributed by atoms with van der Waals surface area (Å²) in [6, 6.07) is 18.5. The average molecular weight is 604 g/mol. The first kappa shape index (κ1) is 29.7. The van der Waals surface area contributed by atoms with E-state index in [1.54, 1.807) is 60.7 Å². The van der Waals surface area contributed by atoms with Crippen LogP contribution >= 0.6 is 0 Å². The molecule has 3 heterocycles. The number of ether oxygens (including phenoxy) is 3. The third-order valence-corrected chi connectivity index (χ3v) is 8.33. The number of aromatic nitrogens is 2. The van der Waals surface area contributed by atoms with Crippen LogP contribution in [0.4, 0.5) is 4.39 Å². The lowest BCUT2D eigenvalue weighted by Gasteiger charge is -2.28. The summed E-state index contributed by atoms with van der Waals surface area (Å²) in [5.41, 5.74) is 3.45. The normalized spacial score (nSPS) is 15.2. The smallest absolute Gasteiger partial charge is 0.227 e. The molecule has 0 saturated carbocycles. The fraction of sp³-hybridized carbons (Fsp3) is 0.219. The molecule has 5 rings (SSSR count). The Morgan fingerprint density at radius 1 is 0.953 bits per heavy atom. The molecule has 2 aromatic carbocycles. The molecule has 0 fully saturated rings. The molecule has 1 amide bonds. The molecule has 0 N–H and O–H groups in total. The van der Waals surface area contributed by atoms with Crippen molar-refractivity contribution in [2.24, 2.45) is 0 Å². The summed E-state index contributed by atoms with van der Waals surface area (Å²) in [6.45, 7) is 0.400. The average Bonchev–Trinajstić information content (AvgIpc) is 3.38. The molecular formula is C32H30FN3O6S. The van der Waals surface area contributed by atoms with Crippen molar-refractivity contribution in [1.29, 1.82) is 0 Å². The lowest BCUT2D eigenvalue weighted by Crippen LogP contribution is -2.41. The zero-order valence-corrected chi connectivity index (χ0v) is 24.5. The number of carbonyl (C=O) groups is 1. The van der Waals surface area contributed by atoms with Crippen LogP contribution < -0.4 is 14.2 Å². The Bertz CT molecular complexity index is 1730. The summed E-state index contributed by atoms with van der Waals surface area (Å²) in [7, 11) is -0.314. The van der Waals surface area contributed by atoms with E-state index in [4.69, 9.17) is 14.2 Å². The third kappa shape index (κ3) is 7.55. The van der Waals surface area contributed by atoms with Crippen LogP contribution in [0.3, 0.4) is 0 Å². The van der Waals surface area contributed by atoms with E-state index in [-0.39, 0.29) is 31.2 Å². The van der Waals surface area contributed by atoms with Gasteiger partial charge in [0.05, 0.1) is 44.3 Å². The minimum Gasteiger partial charge on any atom is -0.497 e. The third-order valence-electron chi connectivity index (χ3n) is 6.95. The van der Waals surface area contributed by atoms with Crippen LogP contribution in [0.2, 0.25) is 0 Å². The van der Waals surface area contributed by atoms with Gasteiger partial charge >= 0.3 is 0 Å². The molecular weight excluding hydrogens is 573 g/mol. The number of hydrogen-bond donors (Lipinski definition) is 0. The highest BCUT2D eigenvalue weighted by Gasteiger charge is 2.30. The van der Waals surface area contributed by atoms with Gasteiger partial charge in [0.15, 0.2) is 9.84 Å². The zero-order chi connectivity index (χ0) is 30.4. The highest BCUT2D eigenvalue weighted by molar-refractivity contribution is 7.94. The number of nitrogens with zero attached hydrogens (tertiary/aromatic N) is 3. The van der Waals surface area contributed by atoms with E-state index in [9.17, 15) is 17.6 Å². The molecule has 11 heteroatoms. The summed E-state index contributed by atoms with van der Waals surface area (Å²) >= 11 is 0.